The molecule has 1 aromatic rings. The second-order valence-electron chi connectivity index (χ2n) is 4.08. The van der Waals surface area contributed by atoms with Crippen LogP contribution in [-0.4, -0.2) is 35.4 Å². The van der Waals surface area contributed by atoms with Crippen LogP contribution in [0.5, 0.6) is 0 Å². The summed E-state index contributed by atoms with van der Waals surface area (Å²) >= 11 is 0. The van der Waals surface area contributed by atoms with E-state index in [9.17, 15) is 19.7 Å². The first-order valence-corrected chi connectivity index (χ1v) is 5.55. The summed E-state index contributed by atoms with van der Waals surface area (Å²) in [5, 5.41) is 19.4. The third-order valence-electron chi connectivity index (χ3n) is 2.64. The van der Waals surface area contributed by atoms with Crippen LogP contribution >= 0.6 is 0 Å². The maximum Gasteiger partial charge on any atom is 0.305 e. The van der Waals surface area contributed by atoms with Crippen molar-refractivity contribution in [2.24, 2.45) is 0 Å². The van der Waals surface area contributed by atoms with E-state index in [1.807, 2.05) is 0 Å². The van der Waals surface area contributed by atoms with Gasteiger partial charge in [-0.3, -0.25) is 19.7 Å². The van der Waals surface area contributed by atoms with Crippen molar-refractivity contribution in [1.29, 1.82) is 0 Å². The number of nitro benzene ring substituents is 1. The molecule has 0 atom stereocenters. The minimum atomic E-state index is -0.971. The van der Waals surface area contributed by atoms with E-state index in [1.165, 1.54) is 30.0 Å². The molecule has 0 aliphatic heterocycles. The summed E-state index contributed by atoms with van der Waals surface area (Å²) < 4.78 is 0. The molecule has 0 amide bonds. The lowest BCUT2D eigenvalue weighted by molar-refractivity contribution is -0.384. The number of anilines is 1. The molecule has 0 spiro atoms. The summed E-state index contributed by atoms with van der Waals surface area (Å²) in [6.07, 6.45) is -0.115. The second-order valence-corrected chi connectivity index (χ2v) is 4.08. The van der Waals surface area contributed by atoms with Gasteiger partial charge in [0.15, 0.2) is 5.78 Å². The molecule has 0 saturated heterocycles. The molecular formula is C12H14N2O5. The fourth-order valence-corrected chi connectivity index (χ4v) is 1.63. The topological polar surface area (TPSA) is 101 Å². The predicted molar refractivity (Wildman–Crippen MR) is 68.6 cm³/mol. The summed E-state index contributed by atoms with van der Waals surface area (Å²) in [4.78, 5) is 33.7. The summed E-state index contributed by atoms with van der Waals surface area (Å²) in [5.74, 6) is -1.20. The van der Waals surface area contributed by atoms with E-state index in [0.717, 1.165) is 0 Å². The quantitative estimate of drug-likeness (QED) is 0.478. The number of carbonyl (C=O) groups excluding carboxylic acids is 1. The van der Waals surface area contributed by atoms with Crippen molar-refractivity contribution in [1.82, 2.24) is 0 Å². The summed E-state index contributed by atoms with van der Waals surface area (Å²) in [6.45, 7) is 1.52. The molecule has 1 N–H and O–H groups in total. The molecule has 0 bridgehead atoms. The highest BCUT2D eigenvalue weighted by molar-refractivity contribution is 6.00. The Morgan fingerprint density at radius 3 is 2.53 bits per heavy atom. The molecule has 0 aromatic heterocycles. The molecule has 7 nitrogen and oxygen atoms in total. The van der Waals surface area contributed by atoms with Crippen LogP contribution in [0.15, 0.2) is 18.2 Å². The highest BCUT2D eigenvalue weighted by Crippen LogP contribution is 2.26. The lowest BCUT2D eigenvalue weighted by atomic mass is 10.1. The molecule has 0 unspecified atom stereocenters. The summed E-state index contributed by atoms with van der Waals surface area (Å²) in [5.41, 5.74) is 0.559. The second kappa shape index (κ2) is 5.94. The van der Waals surface area contributed by atoms with Gasteiger partial charge in [0.25, 0.3) is 5.69 Å². The number of hydrogen-bond donors (Lipinski definition) is 1. The monoisotopic (exact) mass is 266 g/mol. The summed E-state index contributed by atoms with van der Waals surface area (Å²) in [6, 6.07) is 3.91. The van der Waals surface area contributed by atoms with Crippen molar-refractivity contribution in [2.75, 3.05) is 18.5 Å². The van der Waals surface area contributed by atoms with Crippen LogP contribution in [0.2, 0.25) is 0 Å². The molecule has 7 heteroatoms. The number of hydrogen-bond acceptors (Lipinski definition) is 5. The SMILES string of the molecule is CC(=O)c1ccc([N+](=O)[O-])cc1N(C)CCC(=O)O. The minimum absolute atomic E-state index is 0.115. The number of aliphatic carboxylic acids is 1. The van der Waals surface area contributed by atoms with E-state index in [2.05, 4.69) is 0 Å². The number of benzene rings is 1. The predicted octanol–water partition coefficient (Wildman–Crippen LogP) is 1.71. The number of nitrogens with zero attached hydrogens (tertiary/aromatic N) is 2. The van der Waals surface area contributed by atoms with Crippen molar-refractivity contribution >= 4 is 23.1 Å². The van der Waals surface area contributed by atoms with Crippen molar-refractivity contribution < 1.29 is 19.6 Å². The first kappa shape index (κ1) is 14.6. The Kier molecular flexibility index (Phi) is 4.57. The van der Waals surface area contributed by atoms with Gasteiger partial charge in [-0.1, -0.05) is 0 Å². The van der Waals surface area contributed by atoms with Crippen LogP contribution in [0, 0.1) is 10.1 Å². The Morgan fingerprint density at radius 2 is 2.05 bits per heavy atom. The summed E-state index contributed by atoms with van der Waals surface area (Å²) in [7, 11) is 1.59. The Morgan fingerprint density at radius 1 is 1.42 bits per heavy atom. The van der Waals surface area contributed by atoms with Crippen LogP contribution in [0.25, 0.3) is 0 Å². The fourth-order valence-electron chi connectivity index (χ4n) is 1.63. The van der Waals surface area contributed by atoms with Gasteiger partial charge in [-0.05, 0) is 13.0 Å². The molecular weight excluding hydrogens is 252 g/mol. The first-order chi connectivity index (χ1) is 8.82. The van der Waals surface area contributed by atoms with Crippen LogP contribution in [0.3, 0.4) is 0 Å². The number of nitro groups is 1. The van der Waals surface area contributed by atoms with E-state index in [1.54, 1.807) is 7.05 Å². The van der Waals surface area contributed by atoms with Gasteiger partial charge in [0, 0.05) is 31.3 Å². The molecule has 1 rings (SSSR count). The van der Waals surface area contributed by atoms with Crippen LogP contribution in [-0.2, 0) is 4.79 Å². The zero-order valence-corrected chi connectivity index (χ0v) is 10.6. The van der Waals surface area contributed by atoms with Crippen LogP contribution in [0.1, 0.15) is 23.7 Å². The van der Waals surface area contributed by atoms with Gasteiger partial charge < -0.3 is 10.0 Å². The molecule has 0 saturated carbocycles. The number of carboxylic acids is 1. The standard InChI is InChI=1S/C12H14N2O5/c1-8(15)10-4-3-9(14(18)19)7-11(10)13(2)6-5-12(16)17/h3-4,7H,5-6H2,1-2H3,(H,16,17). The molecule has 0 aliphatic rings. The van der Waals surface area contributed by atoms with Gasteiger partial charge in [-0.15, -0.1) is 0 Å². The van der Waals surface area contributed by atoms with E-state index in [0.29, 0.717) is 11.3 Å². The van der Waals surface area contributed by atoms with Crippen molar-refractivity contribution in [3.63, 3.8) is 0 Å². The van der Waals surface area contributed by atoms with Gasteiger partial charge in [0.1, 0.15) is 0 Å². The smallest absolute Gasteiger partial charge is 0.305 e. The average molecular weight is 266 g/mol. The van der Waals surface area contributed by atoms with Gasteiger partial charge in [-0.2, -0.15) is 0 Å². The zero-order chi connectivity index (χ0) is 14.6. The molecule has 1 aromatic carbocycles. The normalized spacial score (nSPS) is 10.0. The molecule has 102 valence electrons. The Bertz CT molecular complexity index is 527. The Labute approximate surface area is 109 Å². The Hall–Kier alpha value is -2.44. The number of ketones is 1. The molecule has 0 aliphatic carbocycles. The molecule has 0 fully saturated rings. The minimum Gasteiger partial charge on any atom is -0.481 e. The number of rotatable bonds is 6. The van der Waals surface area contributed by atoms with Crippen molar-refractivity contribution in [3.05, 3.63) is 33.9 Å². The lowest BCUT2D eigenvalue weighted by Crippen LogP contribution is -2.23. The largest absolute Gasteiger partial charge is 0.481 e. The zero-order valence-electron chi connectivity index (χ0n) is 10.6. The van der Waals surface area contributed by atoms with E-state index in [4.69, 9.17) is 5.11 Å². The van der Waals surface area contributed by atoms with E-state index < -0.39 is 10.9 Å². The van der Waals surface area contributed by atoms with E-state index in [-0.39, 0.29) is 24.4 Å². The fraction of sp³-hybridized carbons (Fsp3) is 0.333. The van der Waals surface area contributed by atoms with Gasteiger partial charge >= 0.3 is 5.97 Å². The average Bonchev–Trinajstić information content (AvgIpc) is 2.34. The van der Waals surface area contributed by atoms with Gasteiger partial charge in [0.05, 0.1) is 17.0 Å². The van der Waals surface area contributed by atoms with E-state index >= 15 is 0 Å². The number of carboxylic acid groups (broad SMARTS) is 1. The number of non-ortho nitro benzene ring substituents is 1. The lowest BCUT2D eigenvalue weighted by Gasteiger charge is -2.20. The Balaban J connectivity index is 3.13. The van der Waals surface area contributed by atoms with Crippen LogP contribution < -0.4 is 4.90 Å². The number of Topliss-reactive ketones (excluding diaryl/α,β-unsaturated/α-hetero) is 1. The molecule has 19 heavy (non-hydrogen) atoms. The highest BCUT2D eigenvalue weighted by atomic mass is 16.6. The third-order valence-corrected chi connectivity index (χ3v) is 2.64. The molecule has 0 radical (unpaired) electrons. The maximum absolute atomic E-state index is 11.5. The van der Waals surface area contributed by atoms with Gasteiger partial charge in [0.2, 0.25) is 0 Å². The first-order valence-electron chi connectivity index (χ1n) is 5.55. The highest BCUT2D eigenvalue weighted by Gasteiger charge is 2.16. The maximum atomic E-state index is 11.5. The van der Waals surface area contributed by atoms with Crippen molar-refractivity contribution in [2.45, 2.75) is 13.3 Å². The van der Waals surface area contributed by atoms with Crippen molar-refractivity contribution in [3.8, 4) is 0 Å². The van der Waals surface area contributed by atoms with Gasteiger partial charge in [-0.25, -0.2) is 0 Å². The van der Waals surface area contributed by atoms with Crippen LogP contribution in [0.4, 0.5) is 11.4 Å². The molecule has 0 heterocycles. The third kappa shape index (κ3) is 3.77. The number of carbonyl (C=O) groups is 2.